The summed E-state index contributed by atoms with van der Waals surface area (Å²) in [5.41, 5.74) is 1.55. The lowest BCUT2D eigenvalue weighted by Crippen LogP contribution is -2.19. The first-order valence-electron chi connectivity index (χ1n) is 7.44. The maximum absolute atomic E-state index is 12.2. The number of esters is 1. The van der Waals surface area contributed by atoms with E-state index >= 15 is 0 Å². The monoisotopic (exact) mass is 494 g/mol. The van der Waals surface area contributed by atoms with Crippen LogP contribution in [0.15, 0.2) is 61.3 Å². The molecule has 0 saturated carbocycles. The summed E-state index contributed by atoms with van der Waals surface area (Å²) in [5, 5.41) is 3.28. The molecule has 8 heteroatoms. The summed E-state index contributed by atoms with van der Waals surface area (Å²) in [6.45, 7) is 1.34. The van der Waals surface area contributed by atoms with Crippen LogP contribution in [0.5, 0.6) is 5.75 Å². The number of halogens is 2. The Hall–Kier alpha value is -1.90. The number of amides is 1. The molecule has 1 saturated heterocycles. The largest absolute Gasteiger partial charge is 0.424 e. The van der Waals surface area contributed by atoms with Gasteiger partial charge in [-0.3, -0.25) is 9.59 Å². The zero-order valence-electron chi connectivity index (χ0n) is 13.5. The number of hydrogen-bond donors (Lipinski definition) is 1. The standard InChI is InChI=1S/C18H12Br2N2O3S/c1-10(23)25-16-13(19)7-11(8-14(16)20)9-15-17(24)22-18(26-15)21-12-5-3-2-4-6-12/h2-9H,1H3,(H,21,22,24)/b15-9-. The van der Waals surface area contributed by atoms with Crippen LogP contribution in [-0.2, 0) is 9.59 Å². The number of carbonyl (C=O) groups is 2. The van der Waals surface area contributed by atoms with Gasteiger partial charge >= 0.3 is 5.97 Å². The van der Waals surface area contributed by atoms with Crippen molar-refractivity contribution < 1.29 is 14.3 Å². The topological polar surface area (TPSA) is 67.8 Å². The second kappa shape index (κ2) is 8.20. The molecule has 1 aliphatic heterocycles. The van der Waals surface area contributed by atoms with Gasteiger partial charge in [0.1, 0.15) is 0 Å². The molecule has 0 bridgehead atoms. The Kier molecular flexibility index (Phi) is 5.95. The maximum atomic E-state index is 12.2. The Morgan fingerprint density at radius 3 is 2.46 bits per heavy atom. The first-order valence-corrected chi connectivity index (χ1v) is 9.85. The minimum Gasteiger partial charge on any atom is -0.424 e. The average molecular weight is 496 g/mol. The van der Waals surface area contributed by atoms with Gasteiger partial charge in [-0.25, -0.2) is 4.99 Å². The maximum Gasteiger partial charge on any atom is 0.308 e. The fraction of sp³-hybridized carbons (Fsp3) is 0.0556. The first kappa shape index (κ1) is 18.9. The van der Waals surface area contributed by atoms with Crippen molar-refractivity contribution in [2.75, 3.05) is 0 Å². The van der Waals surface area contributed by atoms with E-state index in [0.29, 0.717) is 24.8 Å². The second-order valence-corrected chi connectivity index (χ2v) is 7.96. The van der Waals surface area contributed by atoms with Crippen LogP contribution < -0.4 is 10.1 Å². The van der Waals surface area contributed by atoms with Gasteiger partial charge in [0.05, 0.1) is 19.5 Å². The van der Waals surface area contributed by atoms with E-state index < -0.39 is 5.97 Å². The zero-order chi connectivity index (χ0) is 18.7. The molecule has 1 amide bonds. The van der Waals surface area contributed by atoms with E-state index in [2.05, 4.69) is 42.2 Å². The number of thioether (sulfide) groups is 1. The summed E-state index contributed by atoms with van der Waals surface area (Å²) in [6, 6.07) is 13.0. The van der Waals surface area contributed by atoms with Crippen LogP contribution in [0.2, 0.25) is 0 Å². The predicted octanol–water partition coefficient (Wildman–Crippen LogP) is 5.03. The molecule has 0 spiro atoms. The fourth-order valence-corrected chi connectivity index (χ4v) is 4.38. The van der Waals surface area contributed by atoms with Crippen LogP contribution in [0.3, 0.4) is 0 Å². The molecule has 0 radical (unpaired) electrons. The van der Waals surface area contributed by atoms with Gasteiger partial charge in [-0.05, 0) is 79.5 Å². The Labute approximate surface area is 171 Å². The third-order valence-corrected chi connectivity index (χ3v) is 5.29. The van der Waals surface area contributed by atoms with Crippen molar-refractivity contribution in [1.82, 2.24) is 5.32 Å². The molecule has 1 N–H and O–H groups in total. The number of aliphatic imine (C=N–C) groups is 1. The van der Waals surface area contributed by atoms with Crippen molar-refractivity contribution in [3.8, 4) is 5.75 Å². The number of hydrogen-bond acceptors (Lipinski definition) is 5. The van der Waals surface area contributed by atoms with E-state index in [4.69, 9.17) is 4.74 Å². The Morgan fingerprint density at radius 1 is 1.19 bits per heavy atom. The van der Waals surface area contributed by atoms with Gasteiger partial charge in [0.25, 0.3) is 5.91 Å². The summed E-state index contributed by atoms with van der Waals surface area (Å²) in [4.78, 5) is 28.3. The van der Waals surface area contributed by atoms with Gasteiger partial charge in [-0.2, -0.15) is 0 Å². The van der Waals surface area contributed by atoms with Crippen molar-refractivity contribution in [1.29, 1.82) is 0 Å². The minimum atomic E-state index is -0.412. The highest BCUT2D eigenvalue weighted by atomic mass is 79.9. The van der Waals surface area contributed by atoms with Crippen LogP contribution in [0, 0.1) is 0 Å². The van der Waals surface area contributed by atoms with Crippen molar-refractivity contribution in [3.05, 3.63) is 61.9 Å². The van der Waals surface area contributed by atoms with Crippen molar-refractivity contribution in [2.45, 2.75) is 6.92 Å². The number of nitrogens with zero attached hydrogens (tertiary/aromatic N) is 1. The molecular weight excluding hydrogens is 484 g/mol. The lowest BCUT2D eigenvalue weighted by molar-refractivity contribution is -0.132. The second-order valence-electron chi connectivity index (χ2n) is 5.22. The number of amidine groups is 1. The molecule has 132 valence electrons. The van der Waals surface area contributed by atoms with E-state index in [1.807, 2.05) is 30.3 Å². The molecule has 1 heterocycles. The van der Waals surface area contributed by atoms with Gasteiger partial charge in [0.2, 0.25) is 0 Å². The van der Waals surface area contributed by atoms with Crippen molar-refractivity contribution in [3.63, 3.8) is 0 Å². The summed E-state index contributed by atoms with van der Waals surface area (Å²) in [5.74, 6) is -0.222. The van der Waals surface area contributed by atoms with E-state index in [1.165, 1.54) is 18.7 Å². The molecule has 3 rings (SSSR count). The van der Waals surface area contributed by atoms with Crippen LogP contribution in [0.4, 0.5) is 5.69 Å². The van der Waals surface area contributed by atoms with E-state index in [-0.39, 0.29) is 5.91 Å². The number of nitrogens with one attached hydrogen (secondary N) is 1. The number of ether oxygens (including phenoxy) is 1. The Bertz CT molecular complexity index is 920. The summed E-state index contributed by atoms with van der Waals surface area (Å²) < 4.78 is 6.36. The lowest BCUT2D eigenvalue weighted by atomic mass is 10.2. The van der Waals surface area contributed by atoms with Gasteiger partial charge in [0, 0.05) is 6.92 Å². The molecule has 2 aromatic carbocycles. The molecule has 5 nitrogen and oxygen atoms in total. The number of benzene rings is 2. The first-order chi connectivity index (χ1) is 12.4. The van der Waals surface area contributed by atoms with Crippen LogP contribution in [0.25, 0.3) is 6.08 Å². The van der Waals surface area contributed by atoms with Crippen LogP contribution >= 0.6 is 43.6 Å². The Balaban J connectivity index is 1.85. The highest BCUT2D eigenvalue weighted by Crippen LogP contribution is 2.36. The number of para-hydroxylation sites is 1. The number of carbonyl (C=O) groups excluding carboxylic acids is 2. The average Bonchev–Trinajstić information content (AvgIpc) is 2.91. The molecule has 0 atom stereocenters. The SMILES string of the molecule is CC(=O)Oc1c(Br)cc(/C=C2\SC(=Nc3ccccc3)NC2=O)cc1Br. The molecular formula is C18H12Br2N2O3S. The molecule has 26 heavy (non-hydrogen) atoms. The van der Waals surface area contributed by atoms with Crippen molar-refractivity contribution in [2.24, 2.45) is 4.99 Å². The van der Waals surface area contributed by atoms with Crippen LogP contribution in [0.1, 0.15) is 12.5 Å². The van der Waals surface area contributed by atoms with Crippen LogP contribution in [-0.4, -0.2) is 17.0 Å². The Morgan fingerprint density at radius 2 is 1.85 bits per heavy atom. The fourth-order valence-electron chi connectivity index (χ4n) is 2.16. The zero-order valence-corrected chi connectivity index (χ0v) is 17.4. The van der Waals surface area contributed by atoms with Gasteiger partial charge in [0.15, 0.2) is 10.9 Å². The normalized spacial score (nSPS) is 16.8. The van der Waals surface area contributed by atoms with E-state index in [9.17, 15) is 9.59 Å². The quantitative estimate of drug-likeness (QED) is 0.368. The van der Waals surface area contributed by atoms with Gasteiger partial charge in [-0.1, -0.05) is 18.2 Å². The highest BCUT2D eigenvalue weighted by molar-refractivity contribution is 9.11. The number of rotatable bonds is 3. The lowest BCUT2D eigenvalue weighted by Gasteiger charge is -2.08. The van der Waals surface area contributed by atoms with E-state index in [0.717, 1.165) is 11.3 Å². The smallest absolute Gasteiger partial charge is 0.308 e. The third kappa shape index (κ3) is 4.63. The van der Waals surface area contributed by atoms with Gasteiger partial charge in [-0.15, -0.1) is 0 Å². The highest BCUT2D eigenvalue weighted by Gasteiger charge is 2.24. The minimum absolute atomic E-state index is 0.207. The molecule has 0 aliphatic carbocycles. The van der Waals surface area contributed by atoms with Gasteiger partial charge < -0.3 is 10.1 Å². The molecule has 1 fully saturated rings. The summed E-state index contributed by atoms with van der Waals surface area (Å²) >= 11 is 8.03. The van der Waals surface area contributed by atoms with Crippen molar-refractivity contribution >= 4 is 72.4 Å². The molecule has 0 aromatic heterocycles. The molecule has 2 aromatic rings. The molecule has 0 unspecified atom stereocenters. The molecule has 1 aliphatic rings. The predicted molar refractivity (Wildman–Crippen MR) is 110 cm³/mol. The van der Waals surface area contributed by atoms with E-state index in [1.54, 1.807) is 18.2 Å². The third-order valence-electron chi connectivity index (χ3n) is 3.20. The summed E-state index contributed by atoms with van der Waals surface area (Å²) in [7, 11) is 0. The summed E-state index contributed by atoms with van der Waals surface area (Å²) in [6.07, 6.45) is 1.75.